The van der Waals surface area contributed by atoms with Crippen LogP contribution >= 0.6 is 23.2 Å². The number of hydrogen-bond acceptors (Lipinski definition) is 1. The maximum absolute atomic E-state index is 12.4. The zero-order chi connectivity index (χ0) is 12.5. The molecule has 0 atom stereocenters. The van der Waals surface area contributed by atoms with E-state index in [0.29, 0.717) is 6.07 Å². The first-order valence-corrected chi connectivity index (χ1v) is 4.79. The van der Waals surface area contributed by atoms with Gasteiger partial charge in [0.2, 0.25) is 0 Å². The van der Waals surface area contributed by atoms with Gasteiger partial charge in [0.15, 0.2) is 5.69 Å². The summed E-state index contributed by atoms with van der Waals surface area (Å²) in [6, 6.07) is 0.541. The summed E-state index contributed by atoms with van der Waals surface area (Å²) in [6.45, 7) is 0. The number of halogens is 7. The summed E-state index contributed by atoms with van der Waals surface area (Å²) in [6.07, 6.45) is -7.76. The average Bonchev–Trinajstić information content (AvgIpc) is 2.15. The Hall–Kier alpha value is -0.620. The van der Waals surface area contributed by atoms with E-state index in [4.69, 9.17) is 23.2 Å². The fourth-order valence-electron chi connectivity index (χ4n) is 1.04. The van der Waals surface area contributed by atoms with E-state index in [1.807, 2.05) is 0 Å². The van der Waals surface area contributed by atoms with Gasteiger partial charge >= 0.3 is 6.18 Å². The van der Waals surface area contributed by atoms with Gasteiger partial charge in [-0.25, -0.2) is 13.8 Å². The lowest BCUT2D eigenvalue weighted by Gasteiger charge is -2.12. The minimum Gasteiger partial charge on any atom is -0.245 e. The van der Waals surface area contributed by atoms with Crippen LogP contribution in [0.4, 0.5) is 22.0 Å². The third-order valence-electron chi connectivity index (χ3n) is 1.72. The monoisotopic (exact) mass is 279 g/mol. The molecule has 0 aliphatic heterocycles. The molecule has 1 heterocycles. The second kappa shape index (κ2) is 4.71. The molecule has 0 radical (unpaired) electrons. The van der Waals surface area contributed by atoms with Crippen molar-refractivity contribution in [3.8, 4) is 0 Å². The molecular weight excluding hydrogens is 276 g/mol. The fraction of sp³-hybridized carbons (Fsp3) is 0.375. The zero-order valence-corrected chi connectivity index (χ0v) is 8.97. The Kier molecular flexibility index (Phi) is 3.96. The van der Waals surface area contributed by atoms with Gasteiger partial charge in [0.25, 0.3) is 6.43 Å². The Morgan fingerprint density at radius 3 is 2.25 bits per heavy atom. The first kappa shape index (κ1) is 13.4. The predicted octanol–water partition coefficient (Wildman–Crippen LogP) is 4.43. The van der Waals surface area contributed by atoms with E-state index < -0.39 is 40.5 Å². The van der Waals surface area contributed by atoms with Crippen LogP contribution in [-0.2, 0) is 12.1 Å². The summed E-state index contributed by atoms with van der Waals surface area (Å²) in [5.74, 6) is -0.542. The summed E-state index contributed by atoms with van der Waals surface area (Å²) in [7, 11) is 0. The summed E-state index contributed by atoms with van der Waals surface area (Å²) >= 11 is 10.5. The van der Waals surface area contributed by atoms with Crippen LogP contribution in [0.25, 0.3) is 0 Å². The smallest absolute Gasteiger partial charge is 0.245 e. The third-order valence-corrected chi connectivity index (χ3v) is 2.26. The minimum atomic E-state index is -4.79. The van der Waals surface area contributed by atoms with Gasteiger partial charge in [0.05, 0.1) is 16.6 Å². The van der Waals surface area contributed by atoms with Crippen molar-refractivity contribution >= 4 is 23.2 Å². The number of hydrogen-bond donors (Lipinski definition) is 0. The van der Waals surface area contributed by atoms with Crippen molar-refractivity contribution in [3.63, 3.8) is 0 Å². The maximum Gasteiger partial charge on any atom is 0.434 e. The van der Waals surface area contributed by atoms with E-state index in [1.165, 1.54) is 0 Å². The highest BCUT2D eigenvalue weighted by molar-refractivity contribution is 6.31. The standard InChI is InChI=1S/C8H4Cl2F5N/c9-2-5-3(7(11)12)1-4(10)6(16-5)8(13,14)15/h1,7H,2H2. The van der Waals surface area contributed by atoms with Crippen molar-refractivity contribution in [2.45, 2.75) is 18.5 Å². The fourth-order valence-corrected chi connectivity index (χ4v) is 1.52. The topological polar surface area (TPSA) is 12.9 Å². The Bertz CT molecular complexity index is 391. The number of rotatable bonds is 2. The van der Waals surface area contributed by atoms with Gasteiger partial charge in [-0.2, -0.15) is 13.2 Å². The molecule has 1 aromatic rings. The van der Waals surface area contributed by atoms with E-state index in [0.717, 1.165) is 0 Å². The Morgan fingerprint density at radius 2 is 1.88 bits per heavy atom. The number of nitrogens with zero attached hydrogens (tertiary/aromatic N) is 1. The molecule has 0 saturated carbocycles. The number of aromatic nitrogens is 1. The first-order valence-electron chi connectivity index (χ1n) is 3.88. The van der Waals surface area contributed by atoms with Crippen LogP contribution in [0.15, 0.2) is 6.07 Å². The lowest BCUT2D eigenvalue weighted by atomic mass is 10.2. The van der Waals surface area contributed by atoms with Gasteiger partial charge in [-0.1, -0.05) is 11.6 Å². The van der Waals surface area contributed by atoms with Gasteiger partial charge < -0.3 is 0 Å². The Balaban J connectivity index is 3.37. The van der Waals surface area contributed by atoms with E-state index in [-0.39, 0.29) is 0 Å². The molecule has 0 saturated heterocycles. The van der Waals surface area contributed by atoms with Crippen molar-refractivity contribution < 1.29 is 22.0 Å². The van der Waals surface area contributed by atoms with Crippen LogP contribution in [-0.4, -0.2) is 4.98 Å². The number of alkyl halides is 6. The van der Waals surface area contributed by atoms with Crippen molar-refractivity contribution in [2.75, 3.05) is 0 Å². The van der Waals surface area contributed by atoms with Crippen molar-refractivity contribution in [1.29, 1.82) is 0 Å². The largest absolute Gasteiger partial charge is 0.434 e. The van der Waals surface area contributed by atoms with Gasteiger partial charge in [0, 0.05) is 5.56 Å². The van der Waals surface area contributed by atoms with Gasteiger partial charge in [-0.15, -0.1) is 11.6 Å². The highest BCUT2D eigenvalue weighted by atomic mass is 35.5. The van der Waals surface area contributed by atoms with E-state index in [9.17, 15) is 22.0 Å². The van der Waals surface area contributed by atoms with Gasteiger partial charge in [-0.3, -0.25) is 0 Å². The summed E-state index contributed by atoms with van der Waals surface area (Å²) in [4.78, 5) is 3.01. The average molecular weight is 280 g/mol. The van der Waals surface area contributed by atoms with Gasteiger partial charge in [-0.05, 0) is 6.07 Å². The summed E-state index contributed by atoms with van der Waals surface area (Å²) in [5, 5.41) is -0.864. The predicted molar refractivity (Wildman–Crippen MR) is 48.8 cm³/mol. The molecule has 0 bridgehead atoms. The van der Waals surface area contributed by atoms with Crippen molar-refractivity contribution in [3.05, 3.63) is 28.0 Å². The van der Waals surface area contributed by atoms with Crippen LogP contribution in [0.2, 0.25) is 5.02 Å². The second-order valence-corrected chi connectivity index (χ2v) is 3.46. The molecule has 0 aliphatic carbocycles. The molecule has 0 unspecified atom stereocenters. The second-order valence-electron chi connectivity index (χ2n) is 2.79. The molecular formula is C8H4Cl2F5N. The van der Waals surface area contributed by atoms with Gasteiger partial charge in [0.1, 0.15) is 0 Å². The maximum atomic E-state index is 12.4. The van der Waals surface area contributed by atoms with E-state index >= 15 is 0 Å². The molecule has 1 aromatic heterocycles. The normalized spacial score (nSPS) is 12.2. The molecule has 8 heteroatoms. The Labute approximate surface area is 97.2 Å². The highest BCUT2D eigenvalue weighted by Crippen LogP contribution is 2.36. The Morgan fingerprint density at radius 1 is 1.31 bits per heavy atom. The van der Waals surface area contributed by atoms with Crippen LogP contribution in [0.3, 0.4) is 0 Å². The lowest BCUT2D eigenvalue weighted by Crippen LogP contribution is -2.12. The summed E-state index contributed by atoms with van der Waals surface area (Å²) < 4.78 is 61.7. The molecule has 0 spiro atoms. The molecule has 0 aromatic carbocycles. The van der Waals surface area contributed by atoms with E-state index in [1.54, 1.807) is 0 Å². The van der Waals surface area contributed by atoms with Crippen molar-refractivity contribution in [1.82, 2.24) is 4.98 Å². The molecule has 1 nitrogen and oxygen atoms in total. The van der Waals surface area contributed by atoms with Crippen LogP contribution < -0.4 is 0 Å². The lowest BCUT2D eigenvalue weighted by molar-refractivity contribution is -0.141. The molecule has 16 heavy (non-hydrogen) atoms. The molecule has 0 fully saturated rings. The van der Waals surface area contributed by atoms with Crippen LogP contribution in [0.5, 0.6) is 0 Å². The van der Waals surface area contributed by atoms with Crippen molar-refractivity contribution in [2.24, 2.45) is 0 Å². The quantitative estimate of drug-likeness (QED) is 0.576. The molecule has 1 rings (SSSR count). The molecule has 90 valence electrons. The third kappa shape index (κ3) is 2.74. The first-order chi connectivity index (χ1) is 7.27. The van der Waals surface area contributed by atoms with Crippen LogP contribution in [0.1, 0.15) is 23.4 Å². The molecule has 0 N–H and O–H groups in total. The summed E-state index contributed by atoms with van der Waals surface area (Å²) in [5.41, 5.74) is -2.62. The highest BCUT2D eigenvalue weighted by Gasteiger charge is 2.36. The number of pyridine rings is 1. The van der Waals surface area contributed by atoms with E-state index in [2.05, 4.69) is 4.98 Å². The minimum absolute atomic E-state index is 0.520. The molecule has 0 aliphatic rings. The van der Waals surface area contributed by atoms with Crippen LogP contribution in [0, 0.1) is 0 Å². The zero-order valence-electron chi connectivity index (χ0n) is 7.45. The SMILES string of the molecule is FC(F)c1cc(Cl)c(C(F)(F)F)nc1CCl. The molecule has 0 amide bonds.